The van der Waals surface area contributed by atoms with Crippen molar-refractivity contribution in [3.63, 3.8) is 0 Å². The van der Waals surface area contributed by atoms with Crippen molar-refractivity contribution in [3.05, 3.63) is 65.7 Å². The summed E-state index contributed by atoms with van der Waals surface area (Å²) in [4.78, 5) is 0. The number of hydrogen-bond donors (Lipinski definition) is 0. The first kappa shape index (κ1) is 14.9. The van der Waals surface area contributed by atoms with Crippen LogP contribution in [-0.2, 0) is 0 Å². The predicted molar refractivity (Wildman–Crippen MR) is 85.7 cm³/mol. The zero-order chi connectivity index (χ0) is 14.5. The van der Waals surface area contributed by atoms with Crippen LogP contribution in [0.2, 0.25) is 0 Å². The highest BCUT2D eigenvalue weighted by atomic mass is 35.5. The van der Waals surface area contributed by atoms with E-state index in [0.29, 0.717) is 0 Å². The Kier molecular flexibility index (Phi) is 5.08. The number of hydrogen-bond acceptors (Lipinski definition) is 1. The summed E-state index contributed by atoms with van der Waals surface area (Å²) in [6.07, 6.45) is 0.191. The Hall–Kier alpha value is -1.47. The summed E-state index contributed by atoms with van der Waals surface area (Å²) < 4.78 is 5.65. The van der Waals surface area contributed by atoms with Gasteiger partial charge in [0.25, 0.3) is 0 Å². The Balaban J connectivity index is 2.11. The maximum absolute atomic E-state index is 6.61. The molecule has 0 saturated heterocycles. The number of alkyl halides is 1. The van der Waals surface area contributed by atoms with Crippen LogP contribution >= 0.6 is 11.6 Å². The van der Waals surface area contributed by atoms with Crippen LogP contribution in [-0.4, -0.2) is 6.10 Å². The summed E-state index contributed by atoms with van der Waals surface area (Å²) in [6, 6.07) is 18.4. The lowest BCUT2D eigenvalue weighted by atomic mass is 9.93. The van der Waals surface area contributed by atoms with Crippen LogP contribution < -0.4 is 4.74 Å². The molecule has 0 bridgehead atoms. The van der Waals surface area contributed by atoms with Crippen molar-refractivity contribution >= 4 is 11.6 Å². The third kappa shape index (κ3) is 3.77. The second-order valence-corrected chi connectivity index (χ2v) is 5.81. The molecule has 20 heavy (non-hydrogen) atoms. The molecule has 0 radical (unpaired) electrons. The first-order valence-corrected chi connectivity index (χ1v) is 7.47. The Labute approximate surface area is 126 Å². The monoisotopic (exact) mass is 288 g/mol. The van der Waals surface area contributed by atoms with Gasteiger partial charge in [-0.3, -0.25) is 0 Å². The van der Waals surface area contributed by atoms with E-state index in [1.165, 1.54) is 5.56 Å². The van der Waals surface area contributed by atoms with Crippen molar-refractivity contribution in [2.45, 2.75) is 38.2 Å². The van der Waals surface area contributed by atoms with Gasteiger partial charge in [0.2, 0.25) is 0 Å². The normalized spacial score (nSPS) is 14.1. The summed E-state index contributed by atoms with van der Waals surface area (Å²) in [5.41, 5.74) is 2.38. The topological polar surface area (TPSA) is 9.23 Å². The lowest BCUT2D eigenvalue weighted by Crippen LogP contribution is -2.06. The maximum Gasteiger partial charge on any atom is 0.119 e. The fourth-order valence-corrected chi connectivity index (χ4v) is 2.51. The van der Waals surface area contributed by atoms with Gasteiger partial charge in [-0.15, -0.1) is 11.6 Å². The molecule has 0 heterocycles. The summed E-state index contributed by atoms with van der Waals surface area (Å²) in [7, 11) is 0. The molecule has 0 fully saturated rings. The molecule has 0 aliphatic carbocycles. The molecule has 2 rings (SSSR count). The van der Waals surface area contributed by atoms with Gasteiger partial charge in [0.15, 0.2) is 0 Å². The number of benzene rings is 2. The van der Waals surface area contributed by atoms with Gasteiger partial charge in [0.05, 0.1) is 11.5 Å². The molecular weight excluding hydrogens is 268 g/mol. The molecule has 0 aromatic heterocycles. The first-order chi connectivity index (χ1) is 9.58. The van der Waals surface area contributed by atoms with Gasteiger partial charge in [-0.25, -0.2) is 0 Å². The minimum Gasteiger partial charge on any atom is -0.491 e. The highest BCUT2D eigenvalue weighted by molar-refractivity contribution is 6.21. The van der Waals surface area contributed by atoms with Crippen LogP contribution in [0, 0.1) is 0 Å². The van der Waals surface area contributed by atoms with Crippen LogP contribution in [0.4, 0.5) is 0 Å². The van der Waals surface area contributed by atoms with Gasteiger partial charge in [0.1, 0.15) is 5.75 Å². The fourth-order valence-electron chi connectivity index (χ4n) is 2.22. The number of halogens is 1. The molecule has 1 nitrogen and oxygen atoms in total. The minimum atomic E-state index is -0.0366. The van der Waals surface area contributed by atoms with Crippen molar-refractivity contribution in [1.82, 2.24) is 0 Å². The van der Waals surface area contributed by atoms with E-state index in [0.717, 1.165) is 11.3 Å². The van der Waals surface area contributed by atoms with Gasteiger partial charge in [-0.1, -0.05) is 49.4 Å². The molecule has 106 valence electrons. The van der Waals surface area contributed by atoms with Crippen molar-refractivity contribution in [1.29, 1.82) is 0 Å². The standard InChI is InChI=1S/C18H21ClO/c1-13(2)20-17-11-9-16(10-12-17)18(19)14(3)15-7-5-4-6-8-15/h4-14,18H,1-3H3. The summed E-state index contributed by atoms with van der Waals surface area (Å²) in [5, 5.41) is -0.0366. The van der Waals surface area contributed by atoms with Crippen LogP contribution in [0.25, 0.3) is 0 Å². The highest BCUT2D eigenvalue weighted by Crippen LogP contribution is 2.36. The van der Waals surface area contributed by atoms with Crippen LogP contribution in [0.1, 0.15) is 43.2 Å². The lowest BCUT2D eigenvalue weighted by molar-refractivity contribution is 0.242. The summed E-state index contributed by atoms with van der Waals surface area (Å²) >= 11 is 6.61. The lowest BCUT2D eigenvalue weighted by Gasteiger charge is -2.19. The molecule has 0 aliphatic heterocycles. The van der Waals surface area contributed by atoms with Crippen LogP contribution in [0.15, 0.2) is 54.6 Å². The zero-order valence-corrected chi connectivity index (χ0v) is 13.0. The molecule has 0 N–H and O–H groups in total. The third-order valence-electron chi connectivity index (χ3n) is 3.33. The predicted octanol–water partition coefficient (Wildman–Crippen LogP) is 5.56. The molecule has 0 aliphatic rings. The zero-order valence-electron chi connectivity index (χ0n) is 12.2. The smallest absolute Gasteiger partial charge is 0.119 e. The fraction of sp³-hybridized carbons (Fsp3) is 0.333. The Morgan fingerprint density at radius 3 is 1.95 bits per heavy atom. The maximum atomic E-state index is 6.61. The number of ether oxygens (including phenoxy) is 1. The van der Waals surface area contributed by atoms with E-state index in [2.05, 4.69) is 43.3 Å². The van der Waals surface area contributed by atoms with E-state index in [4.69, 9.17) is 16.3 Å². The minimum absolute atomic E-state index is 0.0366. The average molecular weight is 289 g/mol. The first-order valence-electron chi connectivity index (χ1n) is 7.03. The molecule has 2 aromatic rings. The largest absolute Gasteiger partial charge is 0.491 e. The van der Waals surface area contributed by atoms with E-state index in [1.54, 1.807) is 0 Å². The van der Waals surface area contributed by atoms with Gasteiger partial charge in [-0.05, 0) is 37.1 Å². The molecule has 2 unspecified atom stereocenters. The quantitative estimate of drug-likeness (QED) is 0.655. The molecule has 0 amide bonds. The Morgan fingerprint density at radius 1 is 0.800 bits per heavy atom. The third-order valence-corrected chi connectivity index (χ3v) is 3.96. The van der Waals surface area contributed by atoms with Crippen LogP contribution in [0.5, 0.6) is 5.75 Å². The van der Waals surface area contributed by atoms with Crippen LogP contribution in [0.3, 0.4) is 0 Å². The molecule has 0 spiro atoms. The van der Waals surface area contributed by atoms with E-state index < -0.39 is 0 Å². The molecule has 2 aromatic carbocycles. The Bertz CT molecular complexity index is 519. The van der Waals surface area contributed by atoms with Gasteiger partial charge < -0.3 is 4.74 Å². The second kappa shape index (κ2) is 6.81. The molecule has 2 heteroatoms. The van der Waals surface area contributed by atoms with Crippen molar-refractivity contribution in [2.24, 2.45) is 0 Å². The highest BCUT2D eigenvalue weighted by Gasteiger charge is 2.18. The van der Waals surface area contributed by atoms with E-state index in [-0.39, 0.29) is 17.4 Å². The van der Waals surface area contributed by atoms with Crippen molar-refractivity contribution in [2.75, 3.05) is 0 Å². The Morgan fingerprint density at radius 2 is 1.40 bits per heavy atom. The molecular formula is C18H21ClO. The van der Waals surface area contributed by atoms with E-state index in [1.807, 2.05) is 32.0 Å². The van der Waals surface area contributed by atoms with Gasteiger partial charge >= 0.3 is 0 Å². The number of rotatable bonds is 5. The average Bonchev–Trinajstić information content (AvgIpc) is 2.47. The van der Waals surface area contributed by atoms with E-state index in [9.17, 15) is 0 Å². The summed E-state index contributed by atoms with van der Waals surface area (Å²) in [5.74, 6) is 1.16. The van der Waals surface area contributed by atoms with Crippen molar-refractivity contribution in [3.8, 4) is 5.75 Å². The second-order valence-electron chi connectivity index (χ2n) is 5.34. The van der Waals surface area contributed by atoms with Gasteiger partial charge in [0, 0.05) is 5.92 Å². The SMILES string of the molecule is CC(C)Oc1ccc(C(Cl)C(C)c2ccccc2)cc1. The van der Waals surface area contributed by atoms with Crippen molar-refractivity contribution < 1.29 is 4.74 Å². The molecule has 2 atom stereocenters. The molecule has 0 saturated carbocycles. The summed E-state index contributed by atoms with van der Waals surface area (Å²) in [6.45, 7) is 6.21. The van der Waals surface area contributed by atoms with E-state index >= 15 is 0 Å². The van der Waals surface area contributed by atoms with Gasteiger partial charge in [-0.2, -0.15) is 0 Å².